The van der Waals surface area contributed by atoms with Crippen LogP contribution in [0.3, 0.4) is 0 Å². The van der Waals surface area contributed by atoms with E-state index in [1.165, 1.54) is 17.5 Å². The minimum atomic E-state index is -3.57. The smallest absolute Gasteiger partial charge is 0.240 e. The molecule has 0 bridgehead atoms. The topological polar surface area (TPSA) is 61.9 Å². The second-order valence-corrected chi connectivity index (χ2v) is 10.4. The number of hydrogen-bond acceptors (Lipinski definition) is 5. The first-order chi connectivity index (χ1) is 14.9. The molecular weight excluding hydrogens is 410 g/mol. The number of anilines is 1. The summed E-state index contributed by atoms with van der Waals surface area (Å²) in [4.78, 5) is 4.74. The van der Waals surface area contributed by atoms with Crippen LogP contribution in [0.15, 0.2) is 47.4 Å². The molecule has 168 valence electrons. The van der Waals surface area contributed by atoms with Crippen molar-refractivity contribution in [3.63, 3.8) is 0 Å². The zero-order chi connectivity index (χ0) is 21.8. The van der Waals surface area contributed by atoms with Crippen molar-refractivity contribution >= 4 is 15.7 Å². The van der Waals surface area contributed by atoms with E-state index < -0.39 is 10.0 Å². The number of aryl methyl sites for hydroxylation is 2. The van der Waals surface area contributed by atoms with Crippen LogP contribution in [0.5, 0.6) is 0 Å². The number of rotatable bonds is 7. The fraction of sp³-hybridized carbons (Fsp3) is 0.500. The predicted molar refractivity (Wildman–Crippen MR) is 124 cm³/mol. The molecule has 1 saturated heterocycles. The highest BCUT2D eigenvalue weighted by Gasteiger charge is 2.25. The highest BCUT2D eigenvalue weighted by molar-refractivity contribution is 7.89. The van der Waals surface area contributed by atoms with E-state index >= 15 is 0 Å². The summed E-state index contributed by atoms with van der Waals surface area (Å²) in [6, 6.07) is 13.9. The molecule has 4 rings (SSSR count). The summed E-state index contributed by atoms with van der Waals surface area (Å²) in [5, 5.41) is 0. The van der Waals surface area contributed by atoms with Gasteiger partial charge in [-0.15, -0.1) is 0 Å². The van der Waals surface area contributed by atoms with E-state index in [2.05, 4.69) is 38.8 Å². The van der Waals surface area contributed by atoms with E-state index in [9.17, 15) is 8.42 Å². The molecule has 7 heteroatoms. The van der Waals surface area contributed by atoms with Gasteiger partial charge in [0.05, 0.1) is 18.1 Å². The van der Waals surface area contributed by atoms with Gasteiger partial charge in [-0.05, 0) is 66.6 Å². The number of hydrogen-bond donors (Lipinski definition) is 1. The predicted octanol–water partition coefficient (Wildman–Crippen LogP) is 2.98. The van der Waals surface area contributed by atoms with Crippen molar-refractivity contribution in [2.45, 2.75) is 36.6 Å². The van der Waals surface area contributed by atoms with Crippen LogP contribution in [0.1, 0.15) is 35.6 Å². The van der Waals surface area contributed by atoms with Crippen LogP contribution in [0.4, 0.5) is 5.69 Å². The van der Waals surface area contributed by atoms with Crippen molar-refractivity contribution in [2.24, 2.45) is 0 Å². The van der Waals surface area contributed by atoms with Gasteiger partial charge in [-0.25, -0.2) is 13.1 Å². The van der Waals surface area contributed by atoms with Crippen LogP contribution in [0.2, 0.25) is 0 Å². The van der Waals surface area contributed by atoms with Crippen molar-refractivity contribution in [3.8, 4) is 0 Å². The van der Waals surface area contributed by atoms with Crippen LogP contribution < -0.4 is 9.62 Å². The SMILES string of the molecule is CN(C)c1ccc([C@H](CNS(=O)(=O)c2ccc3c(c2)CCCC3)N2CCOCC2)cc1. The van der Waals surface area contributed by atoms with Crippen LogP contribution >= 0.6 is 0 Å². The molecule has 0 aromatic heterocycles. The average molecular weight is 444 g/mol. The minimum Gasteiger partial charge on any atom is -0.379 e. The van der Waals surface area contributed by atoms with Crippen LogP contribution in [-0.4, -0.2) is 60.3 Å². The summed E-state index contributed by atoms with van der Waals surface area (Å²) in [7, 11) is 0.457. The summed E-state index contributed by atoms with van der Waals surface area (Å²) in [5.74, 6) is 0. The molecule has 1 aliphatic heterocycles. The molecule has 6 nitrogen and oxygen atoms in total. The third-order valence-electron chi connectivity index (χ3n) is 6.38. The fourth-order valence-electron chi connectivity index (χ4n) is 4.49. The molecule has 2 aromatic carbocycles. The molecule has 0 unspecified atom stereocenters. The van der Waals surface area contributed by atoms with Crippen molar-refractivity contribution in [1.29, 1.82) is 0 Å². The third kappa shape index (κ3) is 5.29. The van der Waals surface area contributed by atoms with Crippen molar-refractivity contribution in [2.75, 3.05) is 51.8 Å². The number of benzene rings is 2. The van der Waals surface area contributed by atoms with Crippen molar-refractivity contribution < 1.29 is 13.2 Å². The zero-order valence-corrected chi connectivity index (χ0v) is 19.3. The fourth-order valence-corrected chi connectivity index (χ4v) is 5.58. The molecule has 1 N–H and O–H groups in total. The zero-order valence-electron chi connectivity index (χ0n) is 18.5. The molecule has 1 aliphatic carbocycles. The van der Waals surface area contributed by atoms with E-state index in [0.29, 0.717) is 24.7 Å². The lowest BCUT2D eigenvalue weighted by molar-refractivity contribution is 0.0172. The van der Waals surface area contributed by atoms with Gasteiger partial charge in [0.25, 0.3) is 0 Å². The Morgan fingerprint density at radius 2 is 1.68 bits per heavy atom. The molecule has 0 spiro atoms. The molecule has 1 atom stereocenters. The summed E-state index contributed by atoms with van der Waals surface area (Å²) < 4.78 is 34.6. The minimum absolute atomic E-state index is 0.0347. The van der Waals surface area contributed by atoms with E-state index in [1.54, 1.807) is 6.07 Å². The standard InChI is InChI=1S/C24H33N3O3S/c1-26(2)22-10-7-20(8-11-22)24(27-13-15-30-16-14-27)18-25-31(28,29)23-12-9-19-5-3-4-6-21(19)17-23/h7-12,17,24-25H,3-6,13-16,18H2,1-2H3/t24-/m0/s1. The van der Waals surface area contributed by atoms with Crippen molar-refractivity contribution in [1.82, 2.24) is 9.62 Å². The Bertz CT molecular complexity index is 984. The molecule has 1 fully saturated rings. The molecule has 31 heavy (non-hydrogen) atoms. The second-order valence-electron chi connectivity index (χ2n) is 8.64. The normalized spacial score (nSPS) is 18.4. The van der Waals surface area contributed by atoms with E-state index in [0.717, 1.165) is 43.6 Å². The molecular formula is C24H33N3O3S. The van der Waals surface area contributed by atoms with Crippen molar-refractivity contribution in [3.05, 3.63) is 59.2 Å². The van der Waals surface area contributed by atoms with Gasteiger partial charge in [0.1, 0.15) is 0 Å². The monoisotopic (exact) mass is 443 g/mol. The molecule has 0 radical (unpaired) electrons. The van der Waals surface area contributed by atoms with E-state index in [4.69, 9.17) is 4.74 Å². The third-order valence-corrected chi connectivity index (χ3v) is 7.80. The highest BCUT2D eigenvalue weighted by atomic mass is 32.2. The number of sulfonamides is 1. The Morgan fingerprint density at radius 3 is 2.35 bits per heavy atom. The van der Waals surface area contributed by atoms with Gasteiger partial charge in [-0.3, -0.25) is 4.90 Å². The van der Waals surface area contributed by atoms with Gasteiger partial charge >= 0.3 is 0 Å². The maximum atomic E-state index is 13.1. The maximum absolute atomic E-state index is 13.1. The van der Waals surface area contributed by atoms with Crippen LogP contribution in [0, 0.1) is 0 Å². The van der Waals surface area contributed by atoms with E-state index in [1.807, 2.05) is 26.2 Å². The Morgan fingerprint density at radius 1 is 1.00 bits per heavy atom. The van der Waals surface area contributed by atoms with E-state index in [-0.39, 0.29) is 6.04 Å². The van der Waals surface area contributed by atoms with Gasteiger partial charge in [-0.1, -0.05) is 18.2 Å². The average Bonchev–Trinajstić information content (AvgIpc) is 2.80. The number of nitrogens with zero attached hydrogens (tertiary/aromatic N) is 2. The van der Waals surface area contributed by atoms with Gasteiger partial charge in [-0.2, -0.15) is 0 Å². The molecule has 0 saturated carbocycles. The summed E-state index contributed by atoms with van der Waals surface area (Å²) in [6.45, 7) is 3.26. The first-order valence-corrected chi connectivity index (χ1v) is 12.6. The molecule has 1 heterocycles. The van der Waals surface area contributed by atoms with Gasteiger partial charge in [0.2, 0.25) is 10.0 Å². The van der Waals surface area contributed by atoms with Crippen LogP contribution in [0.25, 0.3) is 0 Å². The quantitative estimate of drug-likeness (QED) is 0.713. The number of ether oxygens (including phenoxy) is 1. The molecule has 2 aliphatic rings. The first kappa shape index (κ1) is 22.3. The second kappa shape index (κ2) is 9.69. The Balaban J connectivity index is 1.53. The van der Waals surface area contributed by atoms with Gasteiger partial charge in [0.15, 0.2) is 0 Å². The summed E-state index contributed by atoms with van der Waals surface area (Å²) in [5.41, 5.74) is 4.70. The highest BCUT2D eigenvalue weighted by Crippen LogP contribution is 2.26. The molecule has 2 aromatic rings. The number of morpholine rings is 1. The molecule has 0 amide bonds. The Hall–Kier alpha value is -1.93. The lowest BCUT2D eigenvalue weighted by atomic mass is 9.92. The lowest BCUT2D eigenvalue weighted by Gasteiger charge is -2.35. The Kier molecular flexibility index (Phi) is 6.96. The van der Waals surface area contributed by atoms with Gasteiger partial charge < -0.3 is 9.64 Å². The largest absolute Gasteiger partial charge is 0.379 e. The first-order valence-electron chi connectivity index (χ1n) is 11.1. The summed E-state index contributed by atoms with van der Waals surface area (Å²) in [6.07, 6.45) is 4.33. The van der Waals surface area contributed by atoms with Gasteiger partial charge in [0, 0.05) is 45.5 Å². The number of fused-ring (bicyclic) bond motifs is 1. The van der Waals surface area contributed by atoms with Crippen LogP contribution in [-0.2, 0) is 27.6 Å². The summed E-state index contributed by atoms with van der Waals surface area (Å²) >= 11 is 0. The Labute approximate surface area is 186 Å². The maximum Gasteiger partial charge on any atom is 0.240 e. The lowest BCUT2D eigenvalue weighted by Crippen LogP contribution is -2.43. The number of nitrogens with one attached hydrogen (secondary N) is 1.